The van der Waals surface area contributed by atoms with Crippen LogP contribution in [0.25, 0.3) is 0 Å². The number of hydrogen-bond acceptors (Lipinski definition) is 2. The monoisotopic (exact) mass is 205 g/mol. The lowest BCUT2D eigenvalue weighted by atomic mass is 9.91. The molecule has 15 heavy (non-hydrogen) atoms. The Bertz CT molecular complexity index is 322. The van der Waals surface area contributed by atoms with Crippen LogP contribution in [-0.4, -0.2) is 19.3 Å². The molecule has 1 N–H and O–H groups in total. The van der Waals surface area contributed by atoms with Gasteiger partial charge in [-0.05, 0) is 25.0 Å². The van der Waals surface area contributed by atoms with Crippen molar-refractivity contribution < 1.29 is 4.74 Å². The van der Waals surface area contributed by atoms with Crippen molar-refractivity contribution >= 4 is 0 Å². The Morgan fingerprint density at radius 2 is 2.20 bits per heavy atom. The van der Waals surface area contributed by atoms with Crippen LogP contribution in [0.4, 0.5) is 0 Å². The Labute approximate surface area is 91.6 Å². The van der Waals surface area contributed by atoms with Gasteiger partial charge in [-0.3, -0.25) is 0 Å². The first kappa shape index (κ1) is 10.7. The quantitative estimate of drug-likeness (QED) is 0.817. The topological polar surface area (TPSA) is 21.3 Å². The van der Waals surface area contributed by atoms with E-state index in [0.29, 0.717) is 12.0 Å². The lowest BCUT2D eigenvalue weighted by molar-refractivity contribution is 0.0659. The third-order valence-electron chi connectivity index (χ3n) is 2.83. The lowest BCUT2D eigenvalue weighted by Crippen LogP contribution is -2.31. The fraction of sp³-hybridized carbons (Fsp3) is 0.538. The van der Waals surface area contributed by atoms with Gasteiger partial charge in [-0.15, -0.1) is 0 Å². The molecule has 1 aliphatic rings. The molecule has 0 aromatic heterocycles. The summed E-state index contributed by atoms with van der Waals surface area (Å²) in [5.41, 5.74) is 2.87. The van der Waals surface area contributed by atoms with Gasteiger partial charge in [-0.1, -0.05) is 24.3 Å². The molecule has 1 aromatic carbocycles. The molecule has 1 aliphatic heterocycles. The maximum atomic E-state index is 5.70. The van der Waals surface area contributed by atoms with Gasteiger partial charge in [0.1, 0.15) is 0 Å². The molecular formula is C13H19NO. The molecule has 1 atom stereocenters. The van der Waals surface area contributed by atoms with Gasteiger partial charge in [-0.25, -0.2) is 0 Å². The largest absolute Gasteiger partial charge is 0.378 e. The minimum absolute atomic E-state index is 0.319. The maximum absolute atomic E-state index is 5.70. The van der Waals surface area contributed by atoms with E-state index in [4.69, 9.17) is 4.74 Å². The summed E-state index contributed by atoms with van der Waals surface area (Å²) in [5, 5.41) is 3.43. The highest BCUT2D eigenvalue weighted by Crippen LogP contribution is 2.24. The number of nitrogens with one attached hydrogen (secondary N) is 1. The van der Waals surface area contributed by atoms with E-state index in [-0.39, 0.29) is 0 Å². The van der Waals surface area contributed by atoms with E-state index in [1.807, 2.05) is 0 Å². The Morgan fingerprint density at radius 3 is 3.00 bits per heavy atom. The van der Waals surface area contributed by atoms with Crippen LogP contribution in [0.3, 0.4) is 0 Å². The molecule has 82 valence electrons. The molecule has 0 amide bonds. The maximum Gasteiger partial charge on any atom is 0.0550 e. The first-order chi connectivity index (χ1) is 7.27. The molecule has 1 aromatic rings. The Hall–Kier alpha value is -0.860. The summed E-state index contributed by atoms with van der Waals surface area (Å²) in [6.45, 7) is 7.02. The first-order valence-corrected chi connectivity index (χ1v) is 5.67. The van der Waals surface area contributed by atoms with E-state index in [9.17, 15) is 0 Å². The molecule has 0 spiro atoms. The minimum Gasteiger partial charge on any atom is -0.378 e. The summed E-state index contributed by atoms with van der Waals surface area (Å²) in [5.74, 6) is 0.511. The minimum atomic E-state index is 0.319. The number of hydrogen-bond donors (Lipinski definition) is 1. The number of rotatable bonds is 3. The third-order valence-corrected chi connectivity index (χ3v) is 2.83. The number of ether oxygens (including phenoxy) is 1. The summed E-state index contributed by atoms with van der Waals surface area (Å²) in [6, 6.07) is 8.65. The zero-order valence-corrected chi connectivity index (χ0v) is 9.49. The zero-order chi connectivity index (χ0) is 10.7. The molecule has 1 unspecified atom stereocenters. The van der Waals surface area contributed by atoms with Crippen molar-refractivity contribution in [2.75, 3.05) is 13.2 Å². The van der Waals surface area contributed by atoms with Crippen molar-refractivity contribution in [1.29, 1.82) is 0 Å². The van der Waals surface area contributed by atoms with Gasteiger partial charge in [0.25, 0.3) is 0 Å². The molecule has 2 heteroatoms. The van der Waals surface area contributed by atoms with Crippen LogP contribution in [0.1, 0.15) is 30.9 Å². The van der Waals surface area contributed by atoms with E-state index >= 15 is 0 Å². The van der Waals surface area contributed by atoms with Crippen LogP contribution >= 0.6 is 0 Å². The second-order valence-corrected chi connectivity index (χ2v) is 4.41. The van der Waals surface area contributed by atoms with Gasteiger partial charge in [0.05, 0.1) is 12.7 Å². The van der Waals surface area contributed by atoms with Crippen LogP contribution in [0.2, 0.25) is 0 Å². The van der Waals surface area contributed by atoms with Crippen molar-refractivity contribution in [3.63, 3.8) is 0 Å². The molecule has 1 heterocycles. The second-order valence-electron chi connectivity index (χ2n) is 4.41. The fourth-order valence-corrected chi connectivity index (χ4v) is 2.04. The second kappa shape index (κ2) is 4.77. The van der Waals surface area contributed by atoms with Gasteiger partial charge in [0.15, 0.2) is 0 Å². The van der Waals surface area contributed by atoms with Crippen LogP contribution in [-0.2, 0) is 11.3 Å². The van der Waals surface area contributed by atoms with Crippen molar-refractivity contribution in [3.8, 4) is 0 Å². The van der Waals surface area contributed by atoms with Crippen LogP contribution < -0.4 is 5.32 Å². The molecular weight excluding hydrogens is 186 g/mol. The summed E-state index contributed by atoms with van der Waals surface area (Å²) >= 11 is 0. The van der Waals surface area contributed by atoms with E-state index in [1.54, 1.807) is 0 Å². The normalized spacial score (nSPS) is 20.3. The summed E-state index contributed by atoms with van der Waals surface area (Å²) < 4.78 is 5.70. The number of benzene rings is 1. The van der Waals surface area contributed by atoms with E-state index < -0.39 is 0 Å². The fourth-order valence-electron chi connectivity index (χ4n) is 2.04. The predicted octanol–water partition coefficient (Wildman–Crippen LogP) is 2.30. The van der Waals surface area contributed by atoms with Gasteiger partial charge in [-0.2, -0.15) is 0 Å². The Kier molecular flexibility index (Phi) is 3.39. The number of fused-ring (bicyclic) bond motifs is 1. The van der Waals surface area contributed by atoms with Crippen LogP contribution in [0.5, 0.6) is 0 Å². The summed E-state index contributed by atoms with van der Waals surface area (Å²) in [7, 11) is 0. The first-order valence-electron chi connectivity index (χ1n) is 5.67. The third kappa shape index (κ3) is 2.58. The Morgan fingerprint density at radius 1 is 1.40 bits per heavy atom. The zero-order valence-electron chi connectivity index (χ0n) is 9.49. The molecule has 0 radical (unpaired) electrons. The highest BCUT2D eigenvalue weighted by molar-refractivity contribution is 5.32. The SMILES string of the molecule is CC(C)OCC1CNCc2ccccc21. The van der Waals surface area contributed by atoms with E-state index in [1.165, 1.54) is 11.1 Å². The molecule has 2 nitrogen and oxygen atoms in total. The summed E-state index contributed by atoms with van der Waals surface area (Å²) in [4.78, 5) is 0. The van der Waals surface area contributed by atoms with Crippen LogP contribution in [0, 0.1) is 0 Å². The molecule has 0 saturated carbocycles. The molecule has 0 aliphatic carbocycles. The van der Waals surface area contributed by atoms with Gasteiger partial charge < -0.3 is 10.1 Å². The van der Waals surface area contributed by atoms with Crippen molar-refractivity contribution in [3.05, 3.63) is 35.4 Å². The molecule has 0 fully saturated rings. The van der Waals surface area contributed by atoms with Crippen molar-refractivity contribution in [2.45, 2.75) is 32.4 Å². The van der Waals surface area contributed by atoms with Crippen molar-refractivity contribution in [1.82, 2.24) is 5.32 Å². The molecule has 0 bridgehead atoms. The van der Waals surface area contributed by atoms with E-state index in [0.717, 1.165) is 19.7 Å². The Balaban J connectivity index is 2.08. The standard InChI is InChI=1S/C13H19NO/c1-10(2)15-9-12-8-14-7-11-5-3-4-6-13(11)12/h3-6,10,12,14H,7-9H2,1-2H3. The van der Waals surface area contributed by atoms with Gasteiger partial charge in [0.2, 0.25) is 0 Å². The lowest BCUT2D eigenvalue weighted by Gasteiger charge is -2.26. The van der Waals surface area contributed by atoms with Crippen molar-refractivity contribution in [2.24, 2.45) is 0 Å². The predicted molar refractivity (Wildman–Crippen MR) is 62.0 cm³/mol. The highest BCUT2D eigenvalue weighted by Gasteiger charge is 2.19. The van der Waals surface area contributed by atoms with Gasteiger partial charge in [0, 0.05) is 19.0 Å². The van der Waals surface area contributed by atoms with Gasteiger partial charge >= 0.3 is 0 Å². The highest BCUT2D eigenvalue weighted by atomic mass is 16.5. The average Bonchev–Trinajstić information content (AvgIpc) is 2.26. The smallest absolute Gasteiger partial charge is 0.0550 e. The summed E-state index contributed by atoms with van der Waals surface area (Å²) in [6.07, 6.45) is 0.319. The molecule has 2 rings (SSSR count). The average molecular weight is 205 g/mol. The van der Waals surface area contributed by atoms with Crippen LogP contribution in [0.15, 0.2) is 24.3 Å². The molecule has 0 saturated heterocycles. The van der Waals surface area contributed by atoms with E-state index in [2.05, 4.69) is 43.4 Å².